The Morgan fingerprint density at radius 1 is 1.31 bits per heavy atom. The number of rotatable bonds is 3. The third kappa shape index (κ3) is 2.45. The van der Waals surface area contributed by atoms with Crippen LogP contribution in [0.4, 0.5) is 0 Å². The van der Waals surface area contributed by atoms with Crippen LogP contribution in [0, 0.1) is 0 Å². The molecule has 1 heterocycles. The van der Waals surface area contributed by atoms with E-state index in [-0.39, 0.29) is 6.10 Å². The molecule has 0 aliphatic carbocycles. The summed E-state index contributed by atoms with van der Waals surface area (Å²) in [5.74, 6) is 1.35. The highest BCUT2D eigenvalue weighted by atomic mass is 35.5. The summed E-state index contributed by atoms with van der Waals surface area (Å²) >= 11 is 5.76. The normalized spacial score (nSPS) is 11.0. The molecule has 3 heteroatoms. The van der Waals surface area contributed by atoms with Crippen molar-refractivity contribution in [2.45, 2.75) is 25.8 Å². The van der Waals surface area contributed by atoms with Crippen molar-refractivity contribution < 1.29 is 4.74 Å². The van der Waals surface area contributed by atoms with E-state index in [1.54, 1.807) is 6.20 Å². The summed E-state index contributed by atoms with van der Waals surface area (Å²) in [5.41, 5.74) is 1.97. The Morgan fingerprint density at radius 2 is 2.12 bits per heavy atom. The van der Waals surface area contributed by atoms with Gasteiger partial charge in [-0.1, -0.05) is 0 Å². The smallest absolute Gasteiger partial charge is 0.121 e. The Bertz CT molecular complexity index is 496. The van der Waals surface area contributed by atoms with Crippen molar-refractivity contribution in [1.82, 2.24) is 4.98 Å². The third-order valence-electron chi connectivity index (χ3n) is 2.24. The maximum absolute atomic E-state index is 5.76. The number of ether oxygens (including phenoxy) is 1. The summed E-state index contributed by atoms with van der Waals surface area (Å²) in [5, 5.41) is 1.09. The van der Waals surface area contributed by atoms with Crippen LogP contribution in [0.2, 0.25) is 0 Å². The fraction of sp³-hybridized carbons (Fsp3) is 0.308. The van der Waals surface area contributed by atoms with E-state index in [0.29, 0.717) is 5.88 Å². The van der Waals surface area contributed by atoms with Crippen molar-refractivity contribution in [1.29, 1.82) is 0 Å². The Hall–Kier alpha value is -1.28. The molecule has 0 fully saturated rings. The average Bonchev–Trinajstić information content (AvgIpc) is 2.27. The van der Waals surface area contributed by atoms with Gasteiger partial charge in [0.05, 0.1) is 11.6 Å². The molecule has 0 radical (unpaired) electrons. The number of aromatic nitrogens is 1. The largest absolute Gasteiger partial charge is 0.491 e. The second kappa shape index (κ2) is 4.71. The monoisotopic (exact) mass is 235 g/mol. The number of nitrogens with zero attached hydrogens (tertiary/aromatic N) is 1. The van der Waals surface area contributed by atoms with Crippen molar-refractivity contribution >= 4 is 22.5 Å². The first-order valence-corrected chi connectivity index (χ1v) is 5.84. The molecule has 2 nitrogen and oxygen atoms in total. The predicted molar refractivity (Wildman–Crippen MR) is 67.1 cm³/mol. The van der Waals surface area contributed by atoms with Crippen LogP contribution in [0.15, 0.2) is 30.5 Å². The Kier molecular flexibility index (Phi) is 3.30. The minimum absolute atomic E-state index is 0.180. The molecular formula is C13H14ClNO. The van der Waals surface area contributed by atoms with Crippen LogP contribution >= 0.6 is 11.6 Å². The Labute approximate surface area is 100 Å². The van der Waals surface area contributed by atoms with Crippen LogP contribution in [0.5, 0.6) is 5.75 Å². The SMILES string of the molecule is CC(C)Oc1ccc2cc(CCl)cnc2c1. The van der Waals surface area contributed by atoms with Gasteiger partial charge in [0.25, 0.3) is 0 Å². The number of pyridine rings is 1. The highest BCUT2D eigenvalue weighted by molar-refractivity contribution is 6.17. The molecule has 2 rings (SSSR count). The lowest BCUT2D eigenvalue weighted by molar-refractivity contribution is 0.242. The number of hydrogen-bond donors (Lipinski definition) is 0. The minimum atomic E-state index is 0.180. The second-order valence-electron chi connectivity index (χ2n) is 4.00. The van der Waals surface area contributed by atoms with Crippen molar-refractivity contribution in [3.05, 3.63) is 36.0 Å². The summed E-state index contributed by atoms with van der Waals surface area (Å²) in [4.78, 5) is 4.36. The topological polar surface area (TPSA) is 22.1 Å². The first-order valence-electron chi connectivity index (χ1n) is 5.30. The molecular weight excluding hydrogens is 222 g/mol. The van der Waals surface area contributed by atoms with Gasteiger partial charge in [-0.3, -0.25) is 4.98 Å². The van der Waals surface area contributed by atoms with Crippen LogP contribution in [0.3, 0.4) is 0 Å². The molecule has 0 atom stereocenters. The fourth-order valence-corrected chi connectivity index (χ4v) is 1.71. The molecule has 0 aliphatic rings. The predicted octanol–water partition coefficient (Wildman–Crippen LogP) is 3.76. The van der Waals surface area contributed by atoms with Gasteiger partial charge in [0.15, 0.2) is 0 Å². The van der Waals surface area contributed by atoms with Crippen LogP contribution in [0.25, 0.3) is 10.9 Å². The van der Waals surface area contributed by atoms with Gasteiger partial charge < -0.3 is 4.74 Å². The second-order valence-corrected chi connectivity index (χ2v) is 4.27. The number of fused-ring (bicyclic) bond motifs is 1. The van der Waals surface area contributed by atoms with E-state index in [2.05, 4.69) is 11.1 Å². The minimum Gasteiger partial charge on any atom is -0.491 e. The molecule has 0 spiro atoms. The van der Waals surface area contributed by atoms with Gasteiger partial charge in [-0.05, 0) is 37.6 Å². The maximum Gasteiger partial charge on any atom is 0.121 e. The highest BCUT2D eigenvalue weighted by Gasteiger charge is 2.01. The molecule has 0 N–H and O–H groups in total. The van der Waals surface area contributed by atoms with Gasteiger partial charge in [0.1, 0.15) is 5.75 Å². The van der Waals surface area contributed by atoms with Crippen molar-refractivity contribution in [2.75, 3.05) is 0 Å². The van der Waals surface area contributed by atoms with Gasteiger partial charge in [0, 0.05) is 23.5 Å². The Morgan fingerprint density at radius 3 is 2.81 bits per heavy atom. The van der Waals surface area contributed by atoms with Crippen molar-refractivity contribution in [3.8, 4) is 5.75 Å². The first-order chi connectivity index (χ1) is 7.69. The van der Waals surface area contributed by atoms with Crippen LogP contribution < -0.4 is 4.74 Å². The zero-order chi connectivity index (χ0) is 11.5. The molecule has 1 aromatic heterocycles. The highest BCUT2D eigenvalue weighted by Crippen LogP contribution is 2.21. The third-order valence-corrected chi connectivity index (χ3v) is 2.55. The van der Waals surface area contributed by atoms with Crippen molar-refractivity contribution in [2.24, 2.45) is 0 Å². The lowest BCUT2D eigenvalue weighted by Crippen LogP contribution is -2.05. The molecule has 16 heavy (non-hydrogen) atoms. The lowest BCUT2D eigenvalue weighted by Gasteiger charge is -2.10. The number of halogens is 1. The summed E-state index contributed by atoms with van der Waals surface area (Å²) in [6.07, 6.45) is 1.98. The van der Waals surface area contributed by atoms with Crippen LogP contribution in [-0.2, 0) is 5.88 Å². The quantitative estimate of drug-likeness (QED) is 0.756. The van der Waals surface area contributed by atoms with Gasteiger partial charge in [-0.2, -0.15) is 0 Å². The van der Waals surface area contributed by atoms with E-state index >= 15 is 0 Å². The van der Waals surface area contributed by atoms with Gasteiger partial charge in [-0.25, -0.2) is 0 Å². The van der Waals surface area contributed by atoms with E-state index in [4.69, 9.17) is 16.3 Å². The fourth-order valence-electron chi connectivity index (χ4n) is 1.57. The molecule has 0 saturated carbocycles. The number of hydrogen-bond acceptors (Lipinski definition) is 2. The molecule has 0 aliphatic heterocycles. The maximum atomic E-state index is 5.76. The molecule has 0 amide bonds. The first kappa shape index (κ1) is 11.2. The molecule has 0 bridgehead atoms. The van der Waals surface area contributed by atoms with Gasteiger partial charge in [-0.15, -0.1) is 11.6 Å². The zero-order valence-electron chi connectivity index (χ0n) is 9.40. The molecule has 0 unspecified atom stereocenters. The molecule has 0 saturated heterocycles. The zero-order valence-corrected chi connectivity index (χ0v) is 10.2. The Balaban J connectivity index is 2.39. The van der Waals surface area contributed by atoms with E-state index in [0.717, 1.165) is 22.2 Å². The van der Waals surface area contributed by atoms with Crippen LogP contribution in [0.1, 0.15) is 19.4 Å². The number of benzene rings is 1. The van der Waals surface area contributed by atoms with Gasteiger partial charge >= 0.3 is 0 Å². The van der Waals surface area contributed by atoms with E-state index in [1.165, 1.54) is 0 Å². The summed E-state index contributed by atoms with van der Waals surface area (Å²) < 4.78 is 5.61. The summed E-state index contributed by atoms with van der Waals surface area (Å²) in [6, 6.07) is 7.97. The summed E-state index contributed by atoms with van der Waals surface area (Å²) in [7, 11) is 0. The van der Waals surface area contributed by atoms with Crippen LogP contribution in [-0.4, -0.2) is 11.1 Å². The number of alkyl halides is 1. The average molecular weight is 236 g/mol. The van der Waals surface area contributed by atoms with Gasteiger partial charge in [0.2, 0.25) is 0 Å². The van der Waals surface area contributed by atoms with Crippen molar-refractivity contribution in [3.63, 3.8) is 0 Å². The molecule has 2 aromatic rings. The van der Waals surface area contributed by atoms with E-state index in [9.17, 15) is 0 Å². The standard InChI is InChI=1S/C13H14ClNO/c1-9(2)16-12-4-3-11-5-10(7-14)8-15-13(11)6-12/h3-6,8-9H,7H2,1-2H3. The lowest BCUT2D eigenvalue weighted by atomic mass is 10.1. The van der Waals surface area contributed by atoms with E-state index in [1.807, 2.05) is 32.0 Å². The molecule has 84 valence electrons. The molecule has 1 aromatic carbocycles. The van der Waals surface area contributed by atoms with E-state index < -0.39 is 0 Å². The summed E-state index contributed by atoms with van der Waals surface area (Å²) in [6.45, 7) is 4.02.